The van der Waals surface area contributed by atoms with Gasteiger partial charge in [0.2, 0.25) is 0 Å². The Morgan fingerprint density at radius 2 is 1.96 bits per heavy atom. The van der Waals surface area contributed by atoms with Gasteiger partial charge in [0.1, 0.15) is 5.69 Å². The molecular formula is C22H26N4O. The molecule has 0 spiro atoms. The zero-order valence-corrected chi connectivity index (χ0v) is 15.9. The molecule has 140 valence electrons. The molecule has 1 aromatic carbocycles. The van der Waals surface area contributed by atoms with Gasteiger partial charge in [-0.25, -0.2) is 4.98 Å². The van der Waals surface area contributed by atoms with E-state index in [9.17, 15) is 4.79 Å². The normalized spacial score (nSPS) is 11.9. The average Bonchev–Trinajstić information content (AvgIpc) is 3.19. The van der Waals surface area contributed by atoms with E-state index < -0.39 is 0 Å². The summed E-state index contributed by atoms with van der Waals surface area (Å²) >= 11 is 0. The van der Waals surface area contributed by atoms with E-state index in [4.69, 9.17) is 0 Å². The van der Waals surface area contributed by atoms with Gasteiger partial charge in [0.25, 0.3) is 5.91 Å². The fourth-order valence-corrected chi connectivity index (χ4v) is 3.11. The fraction of sp³-hybridized carbons (Fsp3) is 0.318. The molecule has 1 unspecified atom stereocenters. The Morgan fingerprint density at radius 3 is 2.74 bits per heavy atom. The lowest BCUT2D eigenvalue weighted by molar-refractivity contribution is 0.0931. The van der Waals surface area contributed by atoms with Gasteiger partial charge in [-0.1, -0.05) is 44.4 Å². The third-order valence-corrected chi connectivity index (χ3v) is 4.61. The van der Waals surface area contributed by atoms with Crippen LogP contribution in [0.2, 0.25) is 0 Å². The molecule has 0 aliphatic rings. The highest BCUT2D eigenvalue weighted by molar-refractivity contribution is 5.93. The molecule has 5 nitrogen and oxygen atoms in total. The molecule has 1 atom stereocenters. The number of aromatic nitrogens is 3. The van der Waals surface area contributed by atoms with Gasteiger partial charge in [0.15, 0.2) is 0 Å². The van der Waals surface area contributed by atoms with E-state index in [1.165, 1.54) is 12.8 Å². The SMILES string of the molecule is CCCCCC(C)NC(=O)c1cncn1-c1cccc(-c2cccnc2)c1. The van der Waals surface area contributed by atoms with Gasteiger partial charge in [-0.2, -0.15) is 0 Å². The summed E-state index contributed by atoms with van der Waals surface area (Å²) in [5.74, 6) is -0.0942. The van der Waals surface area contributed by atoms with Gasteiger partial charge < -0.3 is 5.32 Å². The number of nitrogens with zero attached hydrogens (tertiary/aromatic N) is 3. The number of unbranched alkanes of at least 4 members (excludes halogenated alkanes) is 2. The van der Waals surface area contributed by atoms with E-state index in [1.54, 1.807) is 18.7 Å². The number of pyridine rings is 1. The van der Waals surface area contributed by atoms with Crippen molar-refractivity contribution in [3.8, 4) is 16.8 Å². The number of hydrogen-bond acceptors (Lipinski definition) is 3. The van der Waals surface area contributed by atoms with Gasteiger partial charge in [0.05, 0.1) is 12.5 Å². The van der Waals surface area contributed by atoms with Crippen LogP contribution < -0.4 is 5.32 Å². The van der Waals surface area contributed by atoms with Crippen LogP contribution in [0.15, 0.2) is 61.3 Å². The zero-order valence-electron chi connectivity index (χ0n) is 15.9. The second kappa shape index (κ2) is 9.12. The lowest BCUT2D eigenvalue weighted by atomic mass is 10.1. The maximum atomic E-state index is 12.7. The van der Waals surface area contributed by atoms with Crippen molar-refractivity contribution < 1.29 is 4.79 Å². The van der Waals surface area contributed by atoms with Gasteiger partial charge in [0, 0.05) is 29.7 Å². The van der Waals surface area contributed by atoms with Crippen molar-refractivity contribution in [2.75, 3.05) is 0 Å². The molecule has 5 heteroatoms. The molecule has 27 heavy (non-hydrogen) atoms. The lowest BCUT2D eigenvalue weighted by Crippen LogP contribution is -2.33. The summed E-state index contributed by atoms with van der Waals surface area (Å²) in [4.78, 5) is 21.1. The van der Waals surface area contributed by atoms with Gasteiger partial charge in [-0.05, 0) is 37.1 Å². The van der Waals surface area contributed by atoms with E-state index in [1.807, 2.05) is 47.2 Å². The molecule has 0 saturated carbocycles. The fourth-order valence-electron chi connectivity index (χ4n) is 3.11. The first-order valence-electron chi connectivity index (χ1n) is 9.53. The average molecular weight is 362 g/mol. The maximum absolute atomic E-state index is 12.7. The van der Waals surface area contributed by atoms with Crippen molar-refractivity contribution in [2.24, 2.45) is 0 Å². The minimum absolute atomic E-state index is 0.0942. The predicted molar refractivity (Wildman–Crippen MR) is 108 cm³/mol. The van der Waals surface area contributed by atoms with Crippen molar-refractivity contribution >= 4 is 5.91 Å². The summed E-state index contributed by atoms with van der Waals surface area (Å²) in [6, 6.07) is 12.1. The first kappa shape index (κ1) is 18.8. The summed E-state index contributed by atoms with van der Waals surface area (Å²) in [5, 5.41) is 3.09. The van der Waals surface area contributed by atoms with E-state index >= 15 is 0 Å². The molecule has 1 amide bonds. The van der Waals surface area contributed by atoms with Crippen LogP contribution in [0, 0.1) is 0 Å². The molecule has 2 aromatic heterocycles. The highest BCUT2D eigenvalue weighted by Gasteiger charge is 2.15. The van der Waals surface area contributed by atoms with Gasteiger partial charge in [-0.15, -0.1) is 0 Å². The summed E-state index contributed by atoms with van der Waals surface area (Å²) < 4.78 is 1.83. The zero-order chi connectivity index (χ0) is 19.1. The first-order chi connectivity index (χ1) is 13.2. The molecule has 0 aliphatic heterocycles. The second-order valence-corrected chi connectivity index (χ2v) is 6.81. The topological polar surface area (TPSA) is 59.8 Å². The summed E-state index contributed by atoms with van der Waals surface area (Å²) in [6.45, 7) is 4.23. The number of amides is 1. The van der Waals surface area contributed by atoms with Crippen LogP contribution in [0.4, 0.5) is 0 Å². The lowest BCUT2D eigenvalue weighted by Gasteiger charge is -2.15. The Morgan fingerprint density at radius 1 is 1.11 bits per heavy atom. The van der Waals surface area contributed by atoms with Crippen LogP contribution in [0.3, 0.4) is 0 Å². The summed E-state index contributed by atoms with van der Waals surface area (Å²) in [5.41, 5.74) is 3.53. The van der Waals surface area contributed by atoms with Crippen molar-refractivity contribution in [2.45, 2.75) is 45.6 Å². The van der Waals surface area contributed by atoms with Crippen molar-refractivity contribution in [1.82, 2.24) is 19.9 Å². The standard InChI is InChI=1S/C22H26N4O/c1-3-4-5-8-17(2)25-22(27)21-15-24-16-26(21)20-11-6-9-18(13-20)19-10-7-12-23-14-19/h6-7,9-17H,3-5,8H2,1-2H3,(H,25,27). The number of benzene rings is 1. The summed E-state index contributed by atoms with van der Waals surface area (Å²) in [7, 11) is 0. The third kappa shape index (κ3) is 4.82. The molecule has 0 saturated heterocycles. The van der Waals surface area contributed by atoms with E-state index in [-0.39, 0.29) is 11.9 Å². The number of carbonyl (C=O) groups is 1. The smallest absolute Gasteiger partial charge is 0.270 e. The van der Waals surface area contributed by atoms with Crippen LogP contribution in [-0.4, -0.2) is 26.5 Å². The van der Waals surface area contributed by atoms with Gasteiger partial charge in [-0.3, -0.25) is 14.3 Å². The van der Waals surface area contributed by atoms with Crippen LogP contribution in [0.5, 0.6) is 0 Å². The van der Waals surface area contributed by atoms with Crippen LogP contribution in [0.1, 0.15) is 50.0 Å². The monoisotopic (exact) mass is 362 g/mol. The van der Waals surface area contributed by atoms with E-state index in [0.29, 0.717) is 5.69 Å². The molecular weight excluding hydrogens is 336 g/mol. The molecule has 0 bridgehead atoms. The van der Waals surface area contributed by atoms with Crippen molar-refractivity contribution in [1.29, 1.82) is 0 Å². The number of rotatable bonds is 8. The Hall–Kier alpha value is -2.95. The molecule has 3 rings (SSSR count). The van der Waals surface area contributed by atoms with Crippen LogP contribution in [-0.2, 0) is 0 Å². The van der Waals surface area contributed by atoms with E-state index in [0.717, 1.165) is 29.7 Å². The molecule has 0 aliphatic carbocycles. The predicted octanol–water partition coefficient (Wildman–Crippen LogP) is 4.63. The second-order valence-electron chi connectivity index (χ2n) is 6.81. The first-order valence-corrected chi connectivity index (χ1v) is 9.53. The van der Waals surface area contributed by atoms with E-state index in [2.05, 4.69) is 29.1 Å². The van der Waals surface area contributed by atoms with Crippen molar-refractivity contribution in [3.63, 3.8) is 0 Å². The Kier molecular flexibility index (Phi) is 6.36. The van der Waals surface area contributed by atoms with Crippen LogP contribution >= 0.6 is 0 Å². The minimum atomic E-state index is -0.0942. The summed E-state index contributed by atoms with van der Waals surface area (Å²) in [6.07, 6.45) is 11.4. The Bertz CT molecular complexity index is 873. The molecule has 0 radical (unpaired) electrons. The number of hydrogen-bond donors (Lipinski definition) is 1. The maximum Gasteiger partial charge on any atom is 0.270 e. The minimum Gasteiger partial charge on any atom is -0.348 e. The number of imidazole rings is 1. The van der Waals surface area contributed by atoms with Gasteiger partial charge >= 0.3 is 0 Å². The largest absolute Gasteiger partial charge is 0.348 e. The Labute approximate surface area is 160 Å². The Balaban J connectivity index is 1.78. The highest BCUT2D eigenvalue weighted by Crippen LogP contribution is 2.22. The molecule has 0 fully saturated rings. The van der Waals surface area contributed by atoms with Crippen LogP contribution in [0.25, 0.3) is 16.8 Å². The highest BCUT2D eigenvalue weighted by atomic mass is 16.2. The number of nitrogens with one attached hydrogen (secondary N) is 1. The number of carbonyl (C=O) groups excluding carboxylic acids is 1. The quantitative estimate of drug-likeness (QED) is 0.594. The molecule has 3 aromatic rings. The third-order valence-electron chi connectivity index (χ3n) is 4.61. The molecule has 1 N–H and O–H groups in total. The molecule has 2 heterocycles. The van der Waals surface area contributed by atoms with Crippen molar-refractivity contribution in [3.05, 3.63) is 67.0 Å².